The Kier molecular flexibility index (Phi) is 1.59. The number of nitrogens with two attached hydrogens (primary N) is 1. The average molecular weight is 182 g/mol. The molecule has 3 N–H and O–H groups in total. The van der Waals surface area contributed by atoms with Crippen molar-refractivity contribution in [3.63, 3.8) is 0 Å². The first-order chi connectivity index (χ1) is 6.18. The van der Waals surface area contributed by atoms with E-state index >= 15 is 0 Å². The van der Waals surface area contributed by atoms with Gasteiger partial charge in [0.05, 0.1) is 11.7 Å². The highest BCUT2D eigenvalue weighted by molar-refractivity contribution is 5.84. The molecule has 0 saturated heterocycles. The zero-order chi connectivity index (χ0) is 9.47. The molecule has 1 fully saturated rings. The molecule has 0 amide bonds. The Morgan fingerprint density at radius 2 is 2.46 bits per heavy atom. The second-order valence-electron chi connectivity index (χ2n) is 3.28. The van der Waals surface area contributed by atoms with E-state index < -0.39 is 5.97 Å². The molecule has 1 saturated carbocycles. The molecular weight excluding hydrogens is 172 g/mol. The van der Waals surface area contributed by atoms with Gasteiger partial charge in [-0.05, 0) is 12.8 Å². The van der Waals surface area contributed by atoms with Gasteiger partial charge in [-0.3, -0.25) is 0 Å². The van der Waals surface area contributed by atoms with Crippen molar-refractivity contribution in [2.75, 3.05) is 6.54 Å². The Morgan fingerprint density at radius 1 is 1.77 bits per heavy atom. The molecule has 6 nitrogen and oxygen atoms in total. The standard InChI is InChI=1S/C7H10N4O2/c8-4-7(1-2-7)11-3-5(6(12)13)9-10-11/h3H,1-2,4,8H2,(H,12,13). The second kappa shape index (κ2) is 2.53. The van der Waals surface area contributed by atoms with E-state index in [0.29, 0.717) is 6.54 Å². The van der Waals surface area contributed by atoms with Gasteiger partial charge < -0.3 is 10.8 Å². The molecule has 0 spiro atoms. The smallest absolute Gasteiger partial charge is 0.358 e. The normalized spacial score (nSPS) is 18.5. The third-order valence-corrected chi connectivity index (χ3v) is 2.41. The molecule has 1 aromatic rings. The molecule has 6 heteroatoms. The van der Waals surface area contributed by atoms with Gasteiger partial charge in [0, 0.05) is 6.54 Å². The van der Waals surface area contributed by atoms with Crippen LogP contribution in [0.4, 0.5) is 0 Å². The van der Waals surface area contributed by atoms with Crippen molar-refractivity contribution in [1.29, 1.82) is 0 Å². The summed E-state index contributed by atoms with van der Waals surface area (Å²) in [4.78, 5) is 10.5. The first-order valence-corrected chi connectivity index (χ1v) is 4.04. The number of hydrogen-bond donors (Lipinski definition) is 2. The Labute approximate surface area is 74.3 Å². The van der Waals surface area contributed by atoms with Gasteiger partial charge in [0.1, 0.15) is 0 Å². The number of nitrogens with zero attached hydrogens (tertiary/aromatic N) is 3. The van der Waals surface area contributed by atoms with Crippen LogP contribution >= 0.6 is 0 Å². The summed E-state index contributed by atoms with van der Waals surface area (Å²) in [6.45, 7) is 0.482. The van der Waals surface area contributed by atoms with E-state index in [1.165, 1.54) is 6.20 Å². The molecule has 70 valence electrons. The predicted molar refractivity (Wildman–Crippen MR) is 43.2 cm³/mol. The van der Waals surface area contributed by atoms with Crippen molar-refractivity contribution >= 4 is 5.97 Å². The predicted octanol–water partition coefficient (Wildman–Crippen LogP) is -0.576. The summed E-state index contributed by atoms with van der Waals surface area (Å²) in [5.41, 5.74) is 5.37. The average Bonchev–Trinajstić information content (AvgIpc) is 2.75. The lowest BCUT2D eigenvalue weighted by atomic mass is 10.3. The quantitative estimate of drug-likeness (QED) is 0.652. The Bertz CT molecular complexity index is 342. The van der Waals surface area contributed by atoms with Crippen LogP contribution in [0.1, 0.15) is 23.3 Å². The molecule has 0 bridgehead atoms. The minimum Gasteiger partial charge on any atom is -0.476 e. The zero-order valence-electron chi connectivity index (χ0n) is 6.97. The molecule has 0 aliphatic heterocycles. The number of hydrogen-bond acceptors (Lipinski definition) is 4. The maximum atomic E-state index is 10.5. The lowest BCUT2D eigenvalue weighted by Gasteiger charge is -2.10. The minimum atomic E-state index is -1.06. The Morgan fingerprint density at radius 3 is 2.85 bits per heavy atom. The molecule has 1 aliphatic carbocycles. The lowest BCUT2D eigenvalue weighted by molar-refractivity contribution is 0.0690. The molecule has 1 aliphatic rings. The van der Waals surface area contributed by atoms with Gasteiger partial charge in [-0.15, -0.1) is 5.10 Å². The van der Waals surface area contributed by atoms with Crippen molar-refractivity contribution < 1.29 is 9.90 Å². The number of aromatic carboxylic acids is 1. The van der Waals surface area contributed by atoms with Crippen molar-refractivity contribution in [3.8, 4) is 0 Å². The minimum absolute atomic E-state index is 0.0280. The highest BCUT2D eigenvalue weighted by atomic mass is 16.4. The summed E-state index contributed by atoms with van der Waals surface area (Å²) in [5.74, 6) is -1.06. The number of aromatic nitrogens is 3. The molecule has 0 atom stereocenters. The summed E-state index contributed by atoms with van der Waals surface area (Å²) in [6, 6.07) is 0. The van der Waals surface area contributed by atoms with E-state index in [0.717, 1.165) is 12.8 Å². The molecule has 0 aromatic carbocycles. The molecule has 1 heterocycles. The maximum Gasteiger partial charge on any atom is 0.358 e. The van der Waals surface area contributed by atoms with E-state index in [-0.39, 0.29) is 11.2 Å². The molecule has 0 radical (unpaired) electrons. The summed E-state index contributed by atoms with van der Waals surface area (Å²) in [5, 5.41) is 15.9. The van der Waals surface area contributed by atoms with Crippen molar-refractivity contribution in [2.45, 2.75) is 18.4 Å². The van der Waals surface area contributed by atoms with Crippen LogP contribution in [-0.2, 0) is 5.54 Å². The summed E-state index contributed by atoms with van der Waals surface area (Å²) in [6.07, 6.45) is 3.33. The maximum absolute atomic E-state index is 10.5. The Balaban J connectivity index is 2.28. The van der Waals surface area contributed by atoms with E-state index in [2.05, 4.69) is 10.3 Å². The molecule has 1 aromatic heterocycles. The summed E-state index contributed by atoms with van der Waals surface area (Å²) < 4.78 is 1.57. The van der Waals surface area contributed by atoms with E-state index in [1.54, 1.807) is 4.68 Å². The van der Waals surface area contributed by atoms with Crippen molar-refractivity contribution in [1.82, 2.24) is 15.0 Å². The van der Waals surface area contributed by atoms with Gasteiger partial charge in [0.2, 0.25) is 0 Å². The molecule has 0 unspecified atom stereocenters. The first-order valence-electron chi connectivity index (χ1n) is 4.04. The van der Waals surface area contributed by atoms with Crippen LogP contribution in [-0.4, -0.2) is 32.6 Å². The number of carboxylic acids is 1. The van der Waals surface area contributed by atoms with Gasteiger partial charge >= 0.3 is 5.97 Å². The fourth-order valence-electron chi connectivity index (χ4n) is 1.26. The topological polar surface area (TPSA) is 94.0 Å². The van der Waals surface area contributed by atoms with E-state index in [1.807, 2.05) is 0 Å². The van der Waals surface area contributed by atoms with Gasteiger partial charge in [0.25, 0.3) is 0 Å². The van der Waals surface area contributed by atoms with Crippen molar-refractivity contribution in [2.24, 2.45) is 5.73 Å². The van der Waals surface area contributed by atoms with E-state index in [9.17, 15) is 4.79 Å². The number of carboxylic acid groups (broad SMARTS) is 1. The second-order valence-corrected chi connectivity index (χ2v) is 3.28. The van der Waals surface area contributed by atoms with Crippen LogP contribution in [0, 0.1) is 0 Å². The van der Waals surface area contributed by atoms with Crippen LogP contribution in [0.25, 0.3) is 0 Å². The largest absolute Gasteiger partial charge is 0.476 e. The first kappa shape index (κ1) is 8.18. The number of rotatable bonds is 3. The van der Waals surface area contributed by atoms with Crippen LogP contribution in [0.5, 0.6) is 0 Å². The highest BCUT2D eigenvalue weighted by Crippen LogP contribution is 2.41. The highest BCUT2D eigenvalue weighted by Gasteiger charge is 2.44. The van der Waals surface area contributed by atoms with Crippen LogP contribution < -0.4 is 5.73 Å². The fourth-order valence-corrected chi connectivity index (χ4v) is 1.26. The summed E-state index contributed by atoms with van der Waals surface area (Å²) in [7, 11) is 0. The van der Waals surface area contributed by atoms with Crippen LogP contribution in [0.2, 0.25) is 0 Å². The molecule has 13 heavy (non-hydrogen) atoms. The van der Waals surface area contributed by atoms with E-state index in [4.69, 9.17) is 10.8 Å². The molecular formula is C7H10N4O2. The Hall–Kier alpha value is -1.43. The monoisotopic (exact) mass is 182 g/mol. The van der Waals surface area contributed by atoms with Gasteiger partial charge in [-0.2, -0.15) is 0 Å². The lowest BCUT2D eigenvalue weighted by Crippen LogP contribution is -2.27. The van der Waals surface area contributed by atoms with Gasteiger partial charge in [0.15, 0.2) is 5.69 Å². The van der Waals surface area contributed by atoms with Gasteiger partial charge in [-0.25, -0.2) is 9.48 Å². The number of carbonyl (C=O) groups is 1. The fraction of sp³-hybridized carbons (Fsp3) is 0.571. The zero-order valence-corrected chi connectivity index (χ0v) is 6.97. The van der Waals surface area contributed by atoms with Crippen LogP contribution in [0.3, 0.4) is 0 Å². The van der Waals surface area contributed by atoms with Crippen molar-refractivity contribution in [3.05, 3.63) is 11.9 Å². The SMILES string of the molecule is NCC1(n2cc(C(=O)O)nn2)CC1. The summed E-state index contributed by atoms with van der Waals surface area (Å²) >= 11 is 0. The third-order valence-electron chi connectivity index (χ3n) is 2.41. The third kappa shape index (κ3) is 1.19. The molecule has 2 rings (SSSR count). The van der Waals surface area contributed by atoms with Crippen LogP contribution in [0.15, 0.2) is 6.20 Å². The van der Waals surface area contributed by atoms with Gasteiger partial charge in [-0.1, -0.05) is 5.21 Å².